The van der Waals surface area contributed by atoms with Crippen molar-refractivity contribution in [3.63, 3.8) is 0 Å². The first kappa shape index (κ1) is 17.7. The van der Waals surface area contributed by atoms with Gasteiger partial charge in [-0.15, -0.1) is 0 Å². The molecule has 0 radical (unpaired) electrons. The van der Waals surface area contributed by atoms with Crippen LogP contribution in [-0.2, 0) is 4.79 Å². The SMILES string of the molecule is O=C(Nc1cnccn1)[C@@H]1CCN1c1nc(Cl)nc(Nc2cc(C3CC3)n[nH]2)n1. The molecule has 5 rings (SSSR count). The molecule has 0 aromatic carbocycles. The fourth-order valence-electron chi connectivity index (χ4n) is 3.11. The maximum Gasteiger partial charge on any atom is 0.248 e. The van der Waals surface area contributed by atoms with Crippen molar-refractivity contribution in [2.45, 2.75) is 31.2 Å². The number of H-pyrrole nitrogens is 1. The van der Waals surface area contributed by atoms with E-state index in [0.717, 1.165) is 5.69 Å². The molecule has 3 aromatic heterocycles. The molecule has 1 aliphatic heterocycles. The number of anilines is 4. The van der Waals surface area contributed by atoms with Gasteiger partial charge in [-0.2, -0.15) is 20.1 Å². The third kappa shape index (κ3) is 3.81. The van der Waals surface area contributed by atoms with Crippen LogP contribution in [0.1, 0.15) is 30.9 Å². The van der Waals surface area contributed by atoms with E-state index in [1.165, 1.54) is 25.2 Å². The largest absolute Gasteiger partial charge is 0.328 e. The zero-order chi connectivity index (χ0) is 19.8. The average molecular weight is 413 g/mol. The average Bonchev–Trinajstić information content (AvgIpc) is 3.41. The number of nitrogens with zero attached hydrogens (tertiary/aromatic N) is 7. The topological polar surface area (TPSA) is 138 Å². The molecule has 1 amide bonds. The number of hydrogen-bond donors (Lipinski definition) is 3. The first-order chi connectivity index (χ1) is 14.2. The highest BCUT2D eigenvalue weighted by molar-refractivity contribution is 6.28. The molecule has 148 valence electrons. The molecule has 1 saturated heterocycles. The summed E-state index contributed by atoms with van der Waals surface area (Å²) in [6.07, 6.45) is 7.55. The van der Waals surface area contributed by atoms with Gasteiger partial charge in [-0.25, -0.2) is 4.98 Å². The van der Waals surface area contributed by atoms with E-state index < -0.39 is 6.04 Å². The van der Waals surface area contributed by atoms with Crippen LogP contribution in [0.3, 0.4) is 0 Å². The highest BCUT2D eigenvalue weighted by atomic mass is 35.5. The second kappa shape index (κ2) is 7.24. The van der Waals surface area contributed by atoms with E-state index >= 15 is 0 Å². The Kier molecular flexibility index (Phi) is 4.43. The third-order valence-corrected chi connectivity index (χ3v) is 5.00. The minimum Gasteiger partial charge on any atom is -0.328 e. The maximum atomic E-state index is 12.6. The Morgan fingerprint density at radius 3 is 2.83 bits per heavy atom. The Balaban J connectivity index is 1.30. The van der Waals surface area contributed by atoms with Crippen LogP contribution in [0.2, 0.25) is 5.28 Å². The van der Waals surface area contributed by atoms with Gasteiger partial charge in [0.05, 0.1) is 11.9 Å². The minimum absolute atomic E-state index is 0.0411. The van der Waals surface area contributed by atoms with E-state index in [0.29, 0.717) is 36.5 Å². The van der Waals surface area contributed by atoms with E-state index in [9.17, 15) is 4.79 Å². The molecular formula is C17H17ClN10O. The van der Waals surface area contributed by atoms with E-state index in [4.69, 9.17) is 11.6 Å². The summed E-state index contributed by atoms with van der Waals surface area (Å²) >= 11 is 6.09. The lowest BCUT2D eigenvalue weighted by atomic mass is 10.0. The van der Waals surface area contributed by atoms with Gasteiger partial charge < -0.3 is 15.5 Å². The van der Waals surface area contributed by atoms with Crippen molar-refractivity contribution in [1.29, 1.82) is 0 Å². The number of rotatable bonds is 6. The van der Waals surface area contributed by atoms with Gasteiger partial charge in [-0.1, -0.05) is 0 Å². The summed E-state index contributed by atoms with van der Waals surface area (Å²) in [5.74, 6) is 2.03. The molecule has 11 nitrogen and oxygen atoms in total. The van der Waals surface area contributed by atoms with Crippen LogP contribution in [0.25, 0.3) is 0 Å². The monoisotopic (exact) mass is 412 g/mol. The molecule has 2 aliphatic rings. The number of carbonyl (C=O) groups is 1. The zero-order valence-corrected chi connectivity index (χ0v) is 16.0. The molecule has 2 fully saturated rings. The van der Waals surface area contributed by atoms with E-state index in [1.54, 1.807) is 11.1 Å². The van der Waals surface area contributed by atoms with Gasteiger partial charge in [-0.05, 0) is 30.9 Å². The van der Waals surface area contributed by atoms with Crippen LogP contribution in [0.15, 0.2) is 24.7 Å². The van der Waals surface area contributed by atoms with Gasteiger partial charge in [-0.3, -0.25) is 14.9 Å². The van der Waals surface area contributed by atoms with Crippen LogP contribution in [0.5, 0.6) is 0 Å². The molecule has 1 aliphatic carbocycles. The van der Waals surface area contributed by atoms with Crippen molar-refractivity contribution in [2.24, 2.45) is 0 Å². The molecule has 0 bridgehead atoms. The predicted octanol–water partition coefficient (Wildman–Crippen LogP) is 1.88. The number of aromatic nitrogens is 7. The lowest BCUT2D eigenvalue weighted by Crippen LogP contribution is -2.55. The van der Waals surface area contributed by atoms with Crippen LogP contribution in [0, 0.1) is 0 Å². The number of aromatic amines is 1. The second-order valence-corrected chi connectivity index (χ2v) is 7.25. The van der Waals surface area contributed by atoms with Gasteiger partial charge in [0.25, 0.3) is 0 Å². The maximum absolute atomic E-state index is 12.6. The lowest BCUT2D eigenvalue weighted by Gasteiger charge is -2.39. The summed E-state index contributed by atoms with van der Waals surface area (Å²) in [6.45, 7) is 0.633. The smallest absolute Gasteiger partial charge is 0.248 e. The fraction of sp³-hybridized carbons (Fsp3) is 0.353. The van der Waals surface area contributed by atoms with Gasteiger partial charge in [0.1, 0.15) is 11.9 Å². The molecule has 4 heterocycles. The number of halogens is 1. The predicted molar refractivity (Wildman–Crippen MR) is 105 cm³/mol. The number of amides is 1. The van der Waals surface area contributed by atoms with Crippen molar-refractivity contribution in [3.8, 4) is 0 Å². The fourth-order valence-corrected chi connectivity index (χ4v) is 3.26. The van der Waals surface area contributed by atoms with E-state index in [-0.39, 0.29) is 17.1 Å². The molecular weight excluding hydrogens is 396 g/mol. The van der Waals surface area contributed by atoms with E-state index in [1.807, 2.05) is 6.07 Å². The van der Waals surface area contributed by atoms with Crippen LogP contribution in [0.4, 0.5) is 23.5 Å². The third-order valence-electron chi connectivity index (χ3n) is 4.83. The highest BCUT2D eigenvalue weighted by Gasteiger charge is 2.36. The van der Waals surface area contributed by atoms with Crippen LogP contribution < -0.4 is 15.5 Å². The summed E-state index contributed by atoms with van der Waals surface area (Å²) < 4.78 is 0. The number of hydrogen-bond acceptors (Lipinski definition) is 9. The molecule has 29 heavy (non-hydrogen) atoms. The summed E-state index contributed by atoms with van der Waals surface area (Å²) in [4.78, 5) is 35.0. The quantitative estimate of drug-likeness (QED) is 0.553. The first-order valence-corrected chi connectivity index (χ1v) is 9.61. The van der Waals surface area contributed by atoms with Crippen molar-refractivity contribution in [2.75, 3.05) is 22.1 Å². The van der Waals surface area contributed by atoms with Crippen LogP contribution >= 0.6 is 11.6 Å². The summed E-state index contributed by atoms with van der Waals surface area (Å²) in [5, 5.41) is 13.1. The number of carbonyl (C=O) groups excluding carboxylic acids is 1. The van der Waals surface area contributed by atoms with Crippen LogP contribution in [-0.4, -0.2) is 53.6 Å². The Morgan fingerprint density at radius 1 is 1.21 bits per heavy atom. The highest BCUT2D eigenvalue weighted by Crippen LogP contribution is 2.39. The first-order valence-electron chi connectivity index (χ1n) is 9.23. The van der Waals surface area contributed by atoms with Crippen molar-refractivity contribution in [3.05, 3.63) is 35.6 Å². The Labute approximate surface area is 170 Å². The number of nitrogens with one attached hydrogen (secondary N) is 3. The molecule has 0 spiro atoms. The van der Waals surface area contributed by atoms with Gasteiger partial charge in [0, 0.05) is 30.9 Å². The lowest BCUT2D eigenvalue weighted by molar-refractivity contribution is -0.118. The molecule has 12 heteroatoms. The second-order valence-electron chi connectivity index (χ2n) is 6.91. The van der Waals surface area contributed by atoms with Crippen molar-refractivity contribution in [1.82, 2.24) is 35.1 Å². The Hall–Kier alpha value is -3.34. The Morgan fingerprint density at radius 2 is 2.10 bits per heavy atom. The minimum atomic E-state index is -0.419. The van der Waals surface area contributed by atoms with Crippen molar-refractivity contribution < 1.29 is 4.79 Å². The van der Waals surface area contributed by atoms with Gasteiger partial charge in [0.15, 0.2) is 5.82 Å². The molecule has 0 unspecified atom stereocenters. The normalized spacial score (nSPS) is 18.2. The molecule has 1 atom stereocenters. The molecule has 1 saturated carbocycles. The zero-order valence-electron chi connectivity index (χ0n) is 15.2. The molecule has 3 N–H and O–H groups in total. The van der Waals surface area contributed by atoms with Gasteiger partial charge >= 0.3 is 0 Å². The Bertz CT molecular complexity index is 1040. The molecule has 3 aromatic rings. The summed E-state index contributed by atoms with van der Waals surface area (Å²) in [7, 11) is 0. The van der Waals surface area contributed by atoms with Crippen molar-refractivity contribution >= 4 is 41.0 Å². The van der Waals surface area contributed by atoms with Gasteiger partial charge in [0.2, 0.25) is 23.1 Å². The summed E-state index contributed by atoms with van der Waals surface area (Å²) in [5.41, 5.74) is 1.02. The van der Waals surface area contributed by atoms with E-state index in [2.05, 4.69) is 45.8 Å². The standard InChI is InChI=1S/C17H17ClN10O/c18-15-23-16(22-12-7-10(26-27-12)9-1-2-9)25-17(24-15)28-6-3-11(28)14(29)21-13-8-19-4-5-20-13/h4-5,7-9,11H,1-3,6H2,(H,20,21,29)(H2,22,23,24,25,26,27)/t11-/m0/s1. The summed E-state index contributed by atoms with van der Waals surface area (Å²) in [6, 6.07) is 1.52.